The normalized spacial score (nSPS) is 17.0. The van der Waals surface area contributed by atoms with Crippen molar-refractivity contribution in [1.82, 2.24) is 20.0 Å². The standard InChI is InChI=1S/C24H30N4O/c1-18(2)21-11-9-20(10-12-21)17-27-13-15-28(16-14-27)19(3)23-25-26-24(29-23)22-7-5-4-6-8-22/h4-12,18-19H,13-17H2,1-3H3/t19-/m1/s1. The Morgan fingerprint density at radius 2 is 1.55 bits per heavy atom. The summed E-state index contributed by atoms with van der Waals surface area (Å²) >= 11 is 0. The average molecular weight is 391 g/mol. The Balaban J connectivity index is 1.32. The molecule has 5 heteroatoms. The van der Waals surface area contributed by atoms with Gasteiger partial charge in [-0.25, -0.2) is 0 Å². The number of piperazine rings is 1. The number of rotatable bonds is 6. The summed E-state index contributed by atoms with van der Waals surface area (Å²) in [6.45, 7) is 11.8. The summed E-state index contributed by atoms with van der Waals surface area (Å²) in [5.41, 5.74) is 3.76. The Kier molecular flexibility index (Phi) is 6.07. The lowest BCUT2D eigenvalue weighted by atomic mass is 10.0. The fourth-order valence-corrected chi connectivity index (χ4v) is 3.83. The van der Waals surface area contributed by atoms with Crippen molar-refractivity contribution in [3.8, 4) is 11.5 Å². The molecule has 0 N–H and O–H groups in total. The molecule has 1 aliphatic heterocycles. The number of hydrogen-bond acceptors (Lipinski definition) is 5. The highest BCUT2D eigenvalue weighted by Gasteiger charge is 2.25. The average Bonchev–Trinajstić information content (AvgIpc) is 3.25. The predicted molar refractivity (Wildman–Crippen MR) is 116 cm³/mol. The monoisotopic (exact) mass is 390 g/mol. The van der Waals surface area contributed by atoms with Crippen molar-refractivity contribution in [1.29, 1.82) is 0 Å². The minimum Gasteiger partial charge on any atom is -0.419 e. The van der Waals surface area contributed by atoms with Crippen LogP contribution in [0.2, 0.25) is 0 Å². The van der Waals surface area contributed by atoms with E-state index in [1.54, 1.807) is 0 Å². The van der Waals surface area contributed by atoms with Crippen molar-refractivity contribution in [2.45, 2.75) is 39.3 Å². The summed E-state index contributed by atoms with van der Waals surface area (Å²) in [6.07, 6.45) is 0. The van der Waals surface area contributed by atoms with Crippen molar-refractivity contribution < 1.29 is 4.42 Å². The Bertz CT molecular complexity index is 896. The van der Waals surface area contributed by atoms with Crippen LogP contribution in [0, 0.1) is 0 Å². The molecule has 0 unspecified atom stereocenters. The van der Waals surface area contributed by atoms with Gasteiger partial charge in [0, 0.05) is 38.3 Å². The number of benzene rings is 2. The molecule has 2 aromatic carbocycles. The molecule has 0 spiro atoms. The number of hydrogen-bond donors (Lipinski definition) is 0. The molecule has 1 fully saturated rings. The zero-order chi connectivity index (χ0) is 20.2. The molecule has 152 valence electrons. The van der Waals surface area contributed by atoms with E-state index in [4.69, 9.17) is 4.42 Å². The van der Waals surface area contributed by atoms with E-state index < -0.39 is 0 Å². The summed E-state index contributed by atoms with van der Waals surface area (Å²) in [4.78, 5) is 4.96. The summed E-state index contributed by atoms with van der Waals surface area (Å²) in [5.74, 6) is 1.87. The summed E-state index contributed by atoms with van der Waals surface area (Å²) in [5, 5.41) is 8.54. The van der Waals surface area contributed by atoms with Gasteiger partial charge in [0.15, 0.2) is 0 Å². The van der Waals surface area contributed by atoms with Gasteiger partial charge in [0.2, 0.25) is 11.8 Å². The molecule has 29 heavy (non-hydrogen) atoms. The second-order valence-electron chi connectivity index (χ2n) is 8.20. The first-order valence-corrected chi connectivity index (χ1v) is 10.5. The van der Waals surface area contributed by atoms with Crippen molar-refractivity contribution in [2.24, 2.45) is 0 Å². The molecule has 2 heterocycles. The molecule has 0 saturated carbocycles. The maximum atomic E-state index is 5.96. The Hall–Kier alpha value is -2.50. The predicted octanol–water partition coefficient (Wildman–Crippen LogP) is 4.74. The highest BCUT2D eigenvalue weighted by Crippen LogP contribution is 2.25. The number of nitrogens with zero attached hydrogens (tertiary/aromatic N) is 4. The van der Waals surface area contributed by atoms with Crippen LogP contribution in [0.3, 0.4) is 0 Å². The first-order valence-electron chi connectivity index (χ1n) is 10.5. The van der Waals surface area contributed by atoms with Crippen LogP contribution < -0.4 is 0 Å². The zero-order valence-corrected chi connectivity index (χ0v) is 17.6. The van der Waals surface area contributed by atoms with Gasteiger partial charge < -0.3 is 4.42 Å². The topological polar surface area (TPSA) is 45.4 Å². The smallest absolute Gasteiger partial charge is 0.247 e. The van der Waals surface area contributed by atoms with Crippen LogP contribution >= 0.6 is 0 Å². The third-order valence-corrected chi connectivity index (χ3v) is 5.83. The molecule has 0 radical (unpaired) electrons. The molecular weight excluding hydrogens is 360 g/mol. The fourth-order valence-electron chi connectivity index (χ4n) is 3.83. The van der Waals surface area contributed by atoms with Crippen LogP contribution in [0.1, 0.15) is 49.7 Å². The van der Waals surface area contributed by atoms with Crippen LogP contribution in [0.5, 0.6) is 0 Å². The van der Waals surface area contributed by atoms with E-state index in [0.29, 0.717) is 17.7 Å². The maximum absolute atomic E-state index is 5.96. The molecule has 4 rings (SSSR count). The van der Waals surface area contributed by atoms with Crippen molar-refractivity contribution in [2.75, 3.05) is 26.2 Å². The lowest BCUT2D eigenvalue weighted by Crippen LogP contribution is -2.46. The Morgan fingerprint density at radius 1 is 0.862 bits per heavy atom. The van der Waals surface area contributed by atoms with Crippen molar-refractivity contribution in [3.63, 3.8) is 0 Å². The zero-order valence-electron chi connectivity index (χ0n) is 17.6. The van der Waals surface area contributed by atoms with E-state index in [2.05, 4.69) is 65.0 Å². The van der Waals surface area contributed by atoms with E-state index >= 15 is 0 Å². The first-order chi connectivity index (χ1) is 14.1. The van der Waals surface area contributed by atoms with E-state index in [9.17, 15) is 0 Å². The molecular formula is C24H30N4O. The van der Waals surface area contributed by atoms with Gasteiger partial charge in [0.25, 0.3) is 0 Å². The minimum atomic E-state index is 0.132. The van der Waals surface area contributed by atoms with Crippen LogP contribution in [0.4, 0.5) is 0 Å². The van der Waals surface area contributed by atoms with Gasteiger partial charge in [-0.15, -0.1) is 10.2 Å². The van der Waals surface area contributed by atoms with E-state index in [-0.39, 0.29) is 6.04 Å². The van der Waals surface area contributed by atoms with Gasteiger partial charge in [-0.2, -0.15) is 0 Å². The second-order valence-corrected chi connectivity index (χ2v) is 8.20. The third kappa shape index (κ3) is 4.74. The quantitative estimate of drug-likeness (QED) is 0.608. The van der Waals surface area contributed by atoms with Gasteiger partial charge in [-0.1, -0.05) is 56.3 Å². The minimum absolute atomic E-state index is 0.132. The summed E-state index contributed by atoms with van der Waals surface area (Å²) in [6, 6.07) is 19.1. The molecule has 0 aliphatic carbocycles. The molecule has 1 saturated heterocycles. The molecule has 1 aromatic heterocycles. The van der Waals surface area contributed by atoms with Crippen LogP contribution in [-0.4, -0.2) is 46.2 Å². The van der Waals surface area contributed by atoms with Crippen LogP contribution in [0.15, 0.2) is 59.0 Å². The van der Waals surface area contributed by atoms with Gasteiger partial charge in [0.05, 0.1) is 6.04 Å². The van der Waals surface area contributed by atoms with Gasteiger partial charge in [0.1, 0.15) is 0 Å². The van der Waals surface area contributed by atoms with E-state index in [1.807, 2.05) is 30.3 Å². The second kappa shape index (κ2) is 8.89. The summed E-state index contributed by atoms with van der Waals surface area (Å²) < 4.78 is 5.96. The van der Waals surface area contributed by atoms with Crippen LogP contribution in [-0.2, 0) is 6.54 Å². The largest absolute Gasteiger partial charge is 0.419 e. The molecule has 5 nitrogen and oxygen atoms in total. The molecule has 0 amide bonds. The van der Waals surface area contributed by atoms with Gasteiger partial charge in [-0.3, -0.25) is 9.80 Å². The SMILES string of the molecule is CC(C)c1ccc(CN2CCN([C@H](C)c3nnc(-c4ccccc4)o3)CC2)cc1. The Labute approximate surface area is 173 Å². The fraction of sp³-hybridized carbons (Fsp3) is 0.417. The van der Waals surface area contributed by atoms with E-state index in [1.165, 1.54) is 11.1 Å². The Morgan fingerprint density at radius 3 is 2.21 bits per heavy atom. The van der Waals surface area contributed by atoms with Crippen molar-refractivity contribution >= 4 is 0 Å². The lowest BCUT2D eigenvalue weighted by Gasteiger charge is -2.36. The van der Waals surface area contributed by atoms with Crippen LogP contribution in [0.25, 0.3) is 11.5 Å². The van der Waals surface area contributed by atoms with Gasteiger partial charge >= 0.3 is 0 Å². The van der Waals surface area contributed by atoms with Gasteiger partial charge in [-0.05, 0) is 36.1 Å². The summed E-state index contributed by atoms with van der Waals surface area (Å²) in [7, 11) is 0. The molecule has 1 aliphatic rings. The highest BCUT2D eigenvalue weighted by molar-refractivity contribution is 5.51. The number of aromatic nitrogens is 2. The third-order valence-electron chi connectivity index (χ3n) is 5.83. The molecule has 1 atom stereocenters. The lowest BCUT2D eigenvalue weighted by molar-refractivity contribution is 0.0876. The molecule has 0 bridgehead atoms. The first kappa shape index (κ1) is 19.8. The maximum Gasteiger partial charge on any atom is 0.247 e. The molecule has 3 aromatic rings. The highest BCUT2D eigenvalue weighted by atomic mass is 16.4. The van der Waals surface area contributed by atoms with Crippen molar-refractivity contribution in [3.05, 3.63) is 71.6 Å². The van der Waals surface area contributed by atoms with E-state index in [0.717, 1.165) is 38.3 Å².